The number of hydrogen-bond donors (Lipinski definition) is 3. The lowest BCUT2D eigenvalue weighted by atomic mass is 10.0. The van der Waals surface area contributed by atoms with Gasteiger partial charge in [-0.25, -0.2) is 27.2 Å². The fourth-order valence-electron chi connectivity index (χ4n) is 3.43. The van der Waals surface area contributed by atoms with E-state index in [0.717, 1.165) is 12.1 Å². The molecule has 4 rings (SSSR count). The number of aliphatic hydroxyl groups excluding tert-OH is 1. The molecule has 0 aliphatic rings. The second-order valence-corrected chi connectivity index (χ2v) is 9.53. The van der Waals surface area contributed by atoms with Gasteiger partial charge >= 0.3 is 0 Å². The molecule has 0 spiro atoms. The van der Waals surface area contributed by atoms with Gasteiger partial charge in [-0.05, 0) is 23.8 Å². The van der Waals surface area contributed by atoms with E-state index in [1.165, 1.54) is 18.6 Å². The predicted octanol–water partition coefficient (Wildman–Crippen LogP) is 4.10. The molecule has 0 aliphatic heterocycles. The molecule has 0 aliphatic carbocycles. The zero-order chi connectivity index (χ0) is 24.1. The van der Waals surface area contributed by atoms with E-state index in [-0.39, 0.29) is 37.9 Å². The number of halogens is 4. The van der Waals surface area contributed by atoms with Crippen molar-refractivity contribution in [3.8, 4) is 11.1 Å². The number of nitrogens with zero attached hydrogens (tertiary/aromatic N) is 3. The van der Waals surface area contributed by atoms with E-state index in [4.69, 9.17) is 28.9 Å². The standard InChI is InChI=1S/C20H15Cl2F2N5O3S/c1-29-6-13(16-19(25)26-8-27-20(16)29)12-4-11(23)5-14(18(12)24)28-33(31,32)15-3-10(21)2-9(7-30)17(15)22/h2-6,8,28,30H,7H2,1H3,(H2,25,26,27). The van der Waals surface area contributed by atoms with Crippen molar-refractivity contribution in [2.75, 3.05) is 10.5 Å². The Morgan fingerprint density at radius 2 is 1.88 bits per heavy atom. The summed E-state index contributed by atoms with van der Waals surface area (Å²) in [6.07, 6.45) is 2.71. The zero-order valence-electron chi connectivity index (χ0n) is 16.8. The zero-order valence-corrected chi connectivity index (χ0v) is 19.1. The highest BCUT2D eigenvalue weighted by atomic mass is 35.5. The Balaban J connectivity index is 1.87. The third kappa shape index (κ3) is 4.08. The average molecular weight is 514 g/mol. The average Bonchev–Trinajstić information content (AvgIpc) is 3.09. The molecule has 13 heteroatoms. The fraction of sp³-hybridized carbons (Fsp3) is 0.100. The van der Waals surface area contributed by atoms with Crippen LogP contribution >= 0.6 is 23.2 Å². The second-order valence-electron chi connectivity index (χ2n) is 7.07. The summed E-state index contributed by atoms with van der Waals surface area (Å²) in [5.41, 5.74) is 5.61. The van der Waals surface area contributed by atoms with Crippen LogP contribution in [0.5, 0.6) is 0 Å². The lowest BCUT2D eigenvalue weighted by molar-refractivity contribution is 0.281. The predicted molar refractivity (Wildman–Crippen MR) is 121 cm³/mol. The molecule has 8 nitrogen and oxygen atoms in total. The number of aryl methyl sites for hydroxylation is 1. The van der Waals surface area contributed by atoms with Gasteiger partial charge in [0.1, 0.15) is 28.5 Å². The van der Waals surface area contributed by atoms with Crippen molar-refractivity contribution in [2.24, 2.45) is 7.05 Å². The van der Waals surface area contributed by atoms with Gasteiger partial charge in [0.25, 0.3) is 10.0 Å². The van der Waals surface area contributed by atoms with Crippen molar-refractivity contribution in [2.45, 2.75) is 11.5 Å². The first-order valence-corrected chi connectivity index (χ1v) is 11.4. The Hall–Kier alpha value is -2.99. The molecule has 0 radical (unpaired) electrons. The summed E-state index contributed by atoms with van der Waals surface area (Å²) >= 11 is 12.0. The molecule has 0 bridgehead atoms. The topological polar surface area (TPSA) is 123 Å². The van der Waals surface area contributed by atoms with E-state index in [1.807, 2.05) is 4.72 Å². The summed E-state index contributed by atoms with van der Waals surface area (Å²) in [5.74, 6) is -1.93. The minimum atomic E-state index is -4.52. The van der Waals surface area contributed by atoms with Crippen LogP contribution in [0.4, 0.5) is 20.3 Å². The normalized spacial score (nSPS) is 11.8. The van der Waals surface area contributed by atoms with Crippen LogP contribution in [-0.4, -0.2) is 28.1 Å². The van der Waals surface area contributed by atoms with Crippen molar-refractivity contribution in [1.82, 2.24) is 14.5 Å². The van der Waals surface area contributed by atoms with E-state index >= 15 is 4.39 Å². The van der Waals surface area contributed by atoms with Crippen LogP contribution in [0.1, 0.15) is 5.56 Å². The SMILES string of the molecule is Cn1cc(-c2cc(F)cc(NS(=O)(=O)c3cc(Cl)cc(CO)c3Cl)c2F)c2c(N)ncnc21. The summed E-state index contributed by atoms with van der Waals surface area (Å²) in [4.78, 5) is 7.48. The van der Waals surface area contributed by atoms with Gasteiger partial charge in [0.15, 0.2) is 5.82 Å². The minimum absolute atomic E-state index is 0.0181. The van der Waals surface area contributed by atoms with Crippen molar-refractivity contribution >= 4 is 55.8 Å². The molecule has 0 saturated carbocycles. The Bertz CT molecular complexity index is 1530. The molecule has 0 saturated heterocycles. The maximum atomic E-state index is 15.5. The third-order valence-corrected chi connectivity index (χ3v) is 7.06. The molecular weight excluding hydrogens is 499 g/mol. The number of anilines is 2. The summed E-state index contributed by atoms with van der Waals surface area (Å²) in [6, 6.07) is 3.92. The van der Waals surface area contributed by atoms with Gasteiger partial charge in [-0.3, -0.25) is 4.72 Å². The third-order valence-electron chi connectivity index (χ3n) is 4.89. The van der Waals surface area contributed by atoms with Crippen LogP contribution in [0.2, 0.25) is 10.0 Å². The quantitative estimate of drug-likeness (QED) is 0.369. The number of hydrogen-bond acceptors (Lipinski definition) is 6. The summed E-state index contributed by atoms with van der Waals surface area (Å²) in [5, 5.41) is 9.35. The first-order chi connectivity index (χ1) is 15.5. The first kappa shape index (κ1) is 23.2. The van der Waals surface area contributed by atoms with Gasteiger partial charge in [-0.15, -0.1) is 0 Å². The van der Waals surface area contributed by atoms with Gasteiger partial charge in [0.05, 0.1) is 22.7 Å². The highest BCUT2D eigenvalue weighted by molar-refractivity contribution is 7.92. The number of sulfonamides is 1. The lowest BCUT2D eigenvalue weighted by Crippen LogP contribution is -2.16. The van der Waals surface area contributed by atoms with E-state index < -0.39 is 38.8 Å². The van der Waals surface area contributed by atoms with Crippen LogP contribution in [-0.2, 0) is 23.7 Å². The Kier molecular flexibility index (Phi) is 5.91. The molecule has 0 fully saturated rings. The Morgan fingerprint density at radius 3 is 2.58 bits per heavy atom. The largest absolute Gasteiger partial charge is 0.392 e. The molecule has 2 aromatic carbocycles. The van der Waals surface area contributed by atoms with Gasteiger partial charge in [0, 0.05) is 35.5 Å². The smallest absolute Gasteiger partial charge is 0.263 e. The maximum absolute atomic E-state index is 15.5. The Labute approximate surface area is 196 Å². The molecule has 33 heavy (non-hydrogen) atoms. The number of benzene rings is 2. The van der Waals surface area contributed by atoms with Crippen LogP contribution in [0.25, 0.3) is 22.2 Å². The van der Waals surface area contributed by atoms with Gasteiger partial charge in [-0.1, -0.05) is 23.2 Å². The summed E-state index contributed by atoms with van der Waals surface area (Å²) < 4.78 is 59.5. The van der Waals surface area contributed by atoms with E-state index in [2.05, 4.69) is 9.97 Å². The number of aromatic nitrogens is 3. The van der Waals surface area contributed by atoms with Crippen LogP contribution in [0.15, 0.2) is 41.7 Å². The molecule has 0 amide bonds. The van der Waals surface area contributed by atoms with E-state index in [1.54, 1.807) is 11.6 Å². The van der Waals surface area contributed by atoms with Crippen molar-refractivity contribution in [1.29, 1.82) is 0 Å². The number of nitrogens with two attached hydrogens (primary N) is 1. The molecule has 2 aromatic heterocycles. The highest BCUT2D eigenvalue weighted by Crippen LogP contribution is 2.37. The molecular formula is C20H15Cl2F2N5O3S. The number of fused-ring (bicyclic) bond motifs is 1. The summed E-state index contributed by atoms with van der Waals surface area (Å²) in [6.45, 7) is -0.578. The van der Waals surface area contributed by atoms with Gasteiger partial charge in [-0.2, -0.15) is 0 Å². The van der Waals surface area contributed by atoms with Crippen LogP contribution in [0.3, 0.4) is 0 Å². The molecule has 4 aromatic rings. The van der Waals surface area contributed by atoms with Crippen LogP contribution < -0.4 is 10.5 Å². The van der Waals surface area contributed by atoms with Crippen molar-refractivity contribution < 1.29 is 22.3 Å². The van der Waals surface area contributed by atoms with E-state index in [9.17, 15) is 17.9 Å². The molecule has 172 valence electrons. The van der Waals surface area contributed by atoms with Gasteiger partial charge < -0.3 is 15.4 Å². The molecule has 0 atom stereocenters. The van der Waals surface area contributed by atoms with Crippen LogP contribution in [0, 0.1) is 11.6 Å². The fourth-order valence-corrected chi connectivity index (χ4v) is 5.40. The monoisotopic (exact) mass is 513 g/mol. The molecule has 0 unspecified atom stereocenters. The Morgan fingerprint density at radius 1 is 1.15 bits per heavy atom. The first-order valence-electron chi connectivity index (χ1n) is 9.20. The number of aliphatic hydroxyl groups is 1. The summed E-state index contributed by atoms with van der Waals surface area (Å²) in [7, 11) is -2.88. The lowest BCUT2D eigenvalue weighted by Gasteiger charge is -2.14. The van der Waals surface area contributed by atoms with Crippen molar-refractivity contribution in [3.63, 3.8) is 0 Å². The minimum Gasteiger partial charge on any atom is -0.392 e. The number of nitrogens with one attached hydrogen (secondary N) is 1. The molecule has 2 heterocycles. The second kappa shape index (κ2) is 8.41. The molecule has 4 N–H and O–H groups in total. The highest BCUT2D eigenvalue weighted by Gasteiger charge is 2.25. The number of nitrogen functional groups attached to an aromatic ring is 1. The van der Waals surface area contributed by atoms with E-state index in [0.29, 0.717) is 11.7 Å². The maximum Gasteiger partial charge on any atom is 0.263 e. The number of rotatable bonds is 5. The van der Waals surface area contributed by atoms with Gasteiger partial charge in [0.2, 0.25) is 0 Å². The van der Waals surface area contributed by atoms with Crippen molar-refractivity contribution in [3.05, 3.63) is 64.0 Å².